The highest BCUT2D eigenvalue weighted by Crippen LogP contribution is 2.30. The number of pyridine rings is 1. The Labute approximate surface area is 186 Å². The number of ether oxygens (including phenoxy) is 2. The van der Waals surface area contributed by atoms with Gasteiger partial charge in [0, 0.05) is 25.2 Å². The summed E-state index contributed by atoms with van der Waals surface area (Å²) in [5.74, 6) is 3.24. The van der Waals surface area contributed by atoms with Crippen molar-refractivity contribution in [3.05, 3.63) is 54.6 Å². The number of benzene rings is 2. The Morgan fingerprint density at radius 1 is 0.656 bits per heavy atom. The second-order valence-electron chi connectivity index (χ2n) is 7.48. The van der Waals surface area contributed by atoms with Crippen LogP contribution in [-0.2, 0) is 13.1 Å². The molecular formula is C25H25N5O2. The van der Waals surface area contributed by atoms with Crippen LogP contribution in [-0.4, -0.2) is 38.3 Å². The molecule has 0 fully saturated rings. The van der Waals surface area contributed by atoms with Gasteiger partial charge in [0.05, 0.1) is 36.3 Å². The van der Waals surface area contributed by atoms with Gasteiger partial charge in [-0.3, -0.25) is 0 Å². The number of aryl methyl sites for hydroxylation is 2. The van der Waals surface area contributed by atoms with Gasteiger partial charge in [0.15, 0.2) is 11.6 Å². The number of rotatable bonds is 6. The van der Waals surface area contributed by atoms with E-state index in [9.17, 15) is 0 Å². The topological polar surface area (TPSA) is 67.0 Å². The molecule has 0 aliphatic carbocycles. The number of methoxy groups -OCH3 is 2. The van der Waals surface area contributed by atoms with Crippen molar-refractivity contribution in [3.8, 4) is 34.5 Å². The molecule has 0 saturated heterocycles. The minimum Gasteiger partial charge on any atom is -0.497 e. The van der Waals surface area contributed by atoms with Crippen molar-refractivity contribution in [3.63, 3.8) is 0 Å². The highest BCUT2D eigenvalue weighted by Gasteiger charge is 2.17. The van der Waals surface area contributed by atoms with E-state index >= 15 is 0 Å². The number of fused-ring (bicyclic) bond motifs is 2. The minimum atomic E-state index is 0.789. The second-order valence-corrected chi connectivity index (χ2v) is 7.48. The zero-order chi connectivity index (χ0) is 22.2. The van der Waals surface area contributed by atoms with Gasteiger partial charge in [0.25, 0.3) is 0 Å². The molecule has 7 nitrogen and oxygen atoms in total. The van der Waals surface area contributed by atoms with Crippen LogP contribution >= 0.6 is 0 Å². The summed E-state index contributed by atoms with van der Waals surface area (Å²) in [6.45, 7) is 5.81. The molecule has 0 saturated carbocycles. The average Bonchev–Trinajstić information content (AvgIpc) is 3.40. The molecule has 0 radical (unpaired) electrons. The summed E-state index contributed by atoms with van der Waals surface area (Å²) in [7, 11) is 3.33. The van der Waals surface area contributed by atoms with E-state index < -0.39 is 0 Å². The van der Waals surface area contributed by atoms with Crippen LogP contribution in [0.5, 0.6) is 11.5 Å². The smallest absolute Gasteiger partial charge is 0.159 e. The Hall–Kier alpha value is -3.87. The SMILES string of the molecule is CCn1c(-c2cccc(-c3nc4cc(OC)ccc4n3CC)n2)nc2cc(OC)ccc21. The van der Waals surface area contributed by atoms with Crippen molar-refractivity contribution in [2.45, 2.75) is 26.9 Å². The third kappa shape index (κ3) is 3.17. The Kier molecular flexibility index (Phi) is 5.01. The van der Waals surface area contributed by atoms with Gasteiger partial charge < -0.3 is 18.6 Å². The van der Waals surface area contributed by atoms with E-state index in [1.807, 2.05) is 54.6 Å². The first-order valence-electron chi connectivity index (χ1n) is 10.7. The maximum atomic E-state index is 5.37. The zero-order valence-corrected chi connectivity index (χ0v) is 18.7. The highest BCUT2D eigenvalue weighted by atomic mass is 16.5. The van der Waals surface area contributed by atoms with E-state index in [-0.39, 0.29) is 0 Å². The molecule has 3 aromatic heterocycles. The van der Waals surface area contributed by atoms with Gasteiger partial charge in [-0.05, 0) is 50.2 Å². The number of hydrogen-bond donors (Lipinski definition) is 0. The van der Waals surface area contributed by atoms with Gasteiger partial charge in [-0.2, -0.15) is 0 Å². The van der Waals surface area contributed by atoms with Gasteiger partial charge >= 0.3 is 0 Å². The number of hydrogen-bond acceptors (Lipinski definition) is 5. The Balaban J connectivity index is 1.66. The Morgan fingerprint density at radius 3 is 1.53 bits per heavy atom. The first-order valence-corrected chi connectivity index (χ1v) is 10.7. The lowest BCUT2D eigenvalue weighted by Crippen LogP contribution is -2.02. The molecule has 3 heterocycles. The van der Waals surface area contributed by atoms with E-state index in [2.05, 4.69) is 23.0 Å². The summed E-state index contributed by atoms with van der Waals surface area (Å²) in [5, 5.41) is 0. The summed E-state index contributed by atoms with van der Waals surface area (Å²) < 4.78 is 15.1. The van der Waals surface area contributed by atoms with Crippen molar-refractivity contribution in [1.29, 1.82) is 0 Å². The Morgan fingerprint density at radius 2 is 1.12 bits per heavy atom. The van der Waals surface area contributed by atoms with Gasteiger partial charge in [0.2, 0.25) is 0 Å². The third-order valence-electron chi connectivity index (χ3n) is 5.75. The maximum Gasteiger partial charge on any atom is 0.159 e. The third-order valence-corrected chi connectivity index (χ3v) is 5.75. The van der Waals surface area contributed by atoms with E-state index in [1.165, 1.54) is 0 Å². The van der Waals surface area contributed by atoms with Crippen LogP contribution in [0.1, 0.15) is 13.8 Å². The fourth-order valence-electron chi connectivity index (χ4n) is 4.19. The van der Waals surface area contributed by atoms with Crippen LogP contribution in [0.3, 0.4) is 0 Å². The van der Waals surface area contributed by atoms with Crippen molar-refractivity contribution in [2.24, 2.45) is 0 Å². The molecule has 0 atom stereocenters. The largest absolute Gasteiger partial charge is 0.497 e. The lowest BCUT2D eigenvalue weighted by molar-refractivity contribution is 0.415. The van der Waals surface area contributed by atoms with E-state index in [0.29, 0.717) is 0 Å². The van der Waals surface area contributed by atoms with Crippen LogP contribution in [0.25, 0.3) is 45.1 Å². The molecule has 0 unspecified atom stereocenters. The minimum absolute atomic E-state index is 0.789. The van der Waals surface area contributed by atoms with Crippen molar-refractivity contribution >= 4 is 22.1 Å². The first-order chi connectivity index (χ1) is 15.7. The van der Waals surface area contributed by atoms with Gasteiger partial charge in [0.1, 0.15) is 22.9 Å². The van der Waals surface area contributed by atoms with E-state index in [4.69, 9.17) is 24.4 Å². The summed E-state index contributed by atoms with van der Waals surface area (Å²) >= 11 is 0. The fraction of sp³-hybridized carbons (Fsp3) is 0.240. The van der Waals surface area contributed by atoms with Crippen LogP contribution in [0.4, 0.5) is 0 Å². The van der Waals surface area contributed by atoms with Gasteiger partial charge in [-0.1, -0.05) is 6.07 Å². The zero-order valence-electron chi connectivity index (χ0n) is 18.7. The van der Waals surface area contributed by atoms with Crippen molar-refractivity contribution < 1.29 is 9.47 Å². The first kappa shape index (κ1) is 20.1. The normalized spacial score (nSPS) is 11.4. The fourth-order valence-corrected chi connectivity index (χ4v) is 4.19. The Bertz CT molecular complexity index is 1330. The molecule has 0 aliphatic rings. The summed E-state index contributed by atoms with van der Waals surface area (Å²) in [5.41, 5.74) is 5.52. The molecule has 32 heavy (non-hydrogen) atoms. The van der Waals surface area contributed by atoms with Crippen molar-refractivity contribution in [2.75, 3.05) is 14.2 Å². The quantitative estimate of drug-likeness (QED) is 0.374. The lowest BCUT2D eigenvalue weighted by atomic mass is 10.2. The van der Waals surface area contributed by atoms with Crippen LogP contribution in [0.15, 0.2) is 54.6 Å². The summed E-state index contributed by atoms with van der Waals surface area (Å²) in [6, 6.07) is 17.9. The highest BCUT2D eigenvalue weighted by molar-refractivity contribution is 5.83. The average molecular weight is 428 g/mol. The molecular weight excluding hydrogens is 402 g/mol. The number of imidazole rings is 2. The van der Waals surface area contributed by atoms with Gasteiger partial charge in [-0.15, -0.1) is 0 Å². The number of aromatic nitrogens is 5. The number of nitrogens with zero attached hydrogens (tertiary/aromatic N) is 5. The maximum absolute atomic E-state index is 5.37. The van der Waals surface area contributed by atoms with Crippen molar-refractivity contribution in [1.82, 2.24) is 24.1 Å². The molecule has 2 aromatic carbocycles. The molecule has 0 amide bonds. The molecule has 0 aliphatic heterocycles. The molecule has 5 aromatic rings. The van der Waals surface area contributed by atoms with Crippen LogP contribution in [0, 0.1) is 0 Å². The van der Waals surface area contributed by atoms with Crippen LogP contribution < -0.4 is 9.47 Å². The van der Waals surface area contributed by atoms with Gasteiger partial charge in [-0.25, -0.2) is 15.0 Å². The lowest BCUT2D eigenvalue weighted by Gasteiger charge is -2.09. The standard InChI is InChI=1S/C25H25N5O2/c1-5-29-22-12-10-16(31-3)14-20(22)27-24(29)18-8-7-9-19(26-18)25-28-21-15-17(32-4)11-13-23(21)30(25)6-2/h7-15H,5-6H2,1-4H3. The molecule has 0 N–H and O–H groups in total. The second kappa shape index (κ2) is 8.00. The van der Waals surface area contributed by atoms with E-state index in [1.54, 1.807) is 14.2 Å². The predicted molar refractivity (Wildman–Crippen MR) is 126 cm³/mol. The predicted octanol–water partition coefficient (Wildman–Crippen LogP) is 5.17. The monoisotopic (exact) mass is 427 g/mol. The summed E-state index contributed by atoms with van der Waals surface area (Å²) in [4.78, 5) is 14.7. The summed E-state index contributed by atoms with van der Waals surface area (Å²) in [6.07, 6.45) is 0. The molecule has 7 heteroatoms. The molecule has 0 spiro atoms. The molecule has 0 bridgehead atoms. The van der Waals surface area contributed by atoms with E-state index in [0.717, 1.165) is 69.7 Å². The molecule has 5 rings (SSSR count). The van der Waals surface area contributed by atoms with Crippen LogP contribution in [0.2, 0.25) is 0 Å². The molecule has 162 valence electrons.